The molecule has 0 aromatic carbocycles. The monoisotopic (exact) mass is 357 g/mol. The molecule has 0 radical (unpaired) electrons. The Morgan fingerprint density at radius 1 is 1.23 bits per heavy atom. The summed E-state index contributed by atoms with van der Waals surface area (Å²) in [6.07, 6.45) is 5.51. The van der Waals surface area contributed by atoms with Gasteiger partial charge >= 0.3 is 0 Å². The predicted octanol–water partition coefficient (Wildman–Crippen LogP) is 2.05. The number of nitrogens with one attached hydrogen (secondary N) is 1. The predicted molar refractivity (Wildman–Crippen MR) is 98.0 cm³/mol. The molecule has 140 valence electrons. The van der Waals surface area contributed by atoms with E-state index in [9.17, 15) is 5.11 Å². The molecule has 0 saturated heterocycles. The van der Waals surface area contributed by atoms with Gasteiger partial charge in [0.25, 0.3) is 0 Å². The quantitative estimate of drug-likeness (QED) is 0.784. The van der Waals surface area contributed by atoms with Gasteiger partial charge in [-0.25, -0.2) is 4.98 Å². The van der Waals surface area contributed by atoms with E-state index in [1.807, 2.05) is 31.3 Å². The molecule has 2 aliphatic rings. The molecule has 0 spiro atoms. The summed E-state index contributed by atoms with van der Waals surface area (Å²) >= 11 is 0. The van der Waals surface area contributed by atoms with E-state index >= 15 is 0 Å². The smallest absolute Gasteiger partial charge is 0.229 e. The Bertz CT molecular complexity index is 726. The maximum atomic E-state index is 10.4. The normalized spacial score (nSPS) is 25.6. The molecule has 7 nitrogen and oxygen atoms in total. The average molecular weight is 357 g/mol. The van der Waals surface area contributed by atoms with E-state index in [2.05, 4.69) is 26.5 Å². The lowest BCUT2D eigenvalue weighted by Crippen LogP contribution is -2.27. The topological polar surface area (TPSA) is 87.3 Å². The number of nitrogens with zero attached hydrogens (tertiary/aromatic N) is 4. The molecule has 2 fully saturated rings. The van der Waals surface area contributed by atoms with Crippen LogP contribution in [0.5, 0.6) is 0 Å². The number of anilines is 1. The third kappa shape index (κ3) is 3.88. The molecular formula is C19H27N5O2. The van der Waals surface area contributed by atoms with E-state index in [1.54, 1.807) is 0 Å². The van der Waals surface area contributed by atoms with Crippen LogP contribution in [0.1, 0.15) is 54.8 Å². The summed E-state index contributed by atoms with van der Waals surface area (Å²) in [5.74, 6) is 3.40. The Morgan fingerprint density at radius 2 is 2.08 bits per heavy atom. The molecule has 2 aromatic rings. The van der Waals surface area contributed by atoms with Crippen molar-refractivity contribution in [3.63, 3.8) is 0 Å². The second kappa shape index (κ2) is 7.32. The van der Waals surface area contributed by atoms with E-state index in [4.69, 9.17) is 4.52 Å². The van der Waals surface area contributed by atoms with Gasteiger partial charge in [-0.3, -0.25) is 0 Å². The molecule has 0 bridgehead atoms. The number of pyridine rings is 1. The van der Waals surface area contributed by atoms with E-state index in [0.29, 0.717) is 18.2 Å². The van der Waals surface area contributed by atoms with Crippen LogP contribution < -0.4 is 10.2 Å². The third-order valence-electron chi connectivity index (χ3n) is 5.41. The van der Waals surface area contributed by atoms with E-state index in [0.717, 1.165) is 36.7 Å². The average Bonchev–Trinajstić information content (AvgIpc) is 3.25. The van der Waals surface area contributed by atoms with Gasteiger partial charge in [-0.1, -0.05) is 11.2 Å². The summed E-state index contributed by atoms with van der Waals surface area (Å²) in [5.41, 5.74) is 1.14. The number of hydrogen-bond acceptors (Lipinski definition) is 7. The Labute approximate surface area is 153 Å². The highest BCUT2D eigenvalue weighted by Crippen LogP contribution is 2.41. The van der Waals surface area contributed by atoms with Crippen LogP contribution >= 0.6 is 0 Å². The van der Waals surface area contributed by atoms with Crippen LogP contribution in [0, 0.1) is 5.92 Å². The van der Waals surface area contributed by atoms with Crippen molar-refractivity contribution >= 4 is 5.82 Å². The molecule has 0 amide bonds. The largest absolute Gasteiger partial charge is 0.393 e. The molecule has 2 saturated carbocycles. The first-order chi connectivity index (χ1) is 12.6. The molecule has 7 heteroatoms. The molecule has 3 atom stereocenters. The van der Waals surface area contributed by atoms with Crippen LogP contribution in [0.4, 0.5) is 5.82 Å². The summed E-state index contributed by atoms with van der Waals surface area (Å²) in [6.45, 7) is 1.53. The fourth-order valence-corrected chi connectivity index (χ4v) is 3.63. The van der Waals surface area contributed by atoms with Crippen molar-refractivity contribution in [3.05, 3.63) is 35.6 Å². The highest BCUT2D eigenvalue weighted by Gasteiger charge is 2.37. The summed E-state index contributed by atoms with van der Waals surface area (Å²) in [7, 11) is 3.96. The maximum Gasteiger partial charge on any atom is 0.229 e. The first kappa shape index (κ1) is 17.4. The Hall–Kier alpha value is -1.99. The minimum Gasteiger partial charge on any atom is -0.393 e. The van der Waals surface area contributed by atoms with Gasteiger partial charge in [0.2, 0.25) is 5.89 Å². The lowest BCUT2D eigenvalue weighted by atomic mass is 10.0. The van der Waals surface area contributed by atoms with Crippen LogP contribution in [0.15, 0.2) is 22.9 Å². The van der Waals surface area contributed by atoms with Crippen molar-refractivity contribution in [1.29, 1.82) is 0 Å². The Kier molecular flexibility index (Phi) is 4.91. The molecule has 2 aliphatic carbocycles. The summed E-state index contributed by atoms with van der Waals surface area (Å²) in [5, 5.41) is 17.9. The van der Waals surface area contributed by atoms with Crippen molar-refractivity contribution in [2.45, 2.75) is 50.2 Å². The zero-order chi connectivity index (χ0) is 18.1. The number of aliphatic hydroxyl groups excluding tert-OH is 1. The zero-order valence-electron chi connectivity index (χ0n) is 15.4. The molecular weight excluding hydrogens is 330 g/mol. The molecule has 0 aliphatic heterocycles. The van der Waals surface area contributed by atoms with Gasteiger partial charge in [-0.15, -0.1) is 0 Å². The summed E-state index contributed by atoms with van der Waals surface area (Å²) in [6, 6.07) is 4.10. The second-order valence-corrected chi connectivity index (χ2v) is 7.81. The minimum atomic E-state index is -0.321. The summed E-state index contributed by atoms with van der Waals surface area (Å²) < 4.78 is 5.45. The van der Waals surface area contributed by atoms with Crippen LogP contribution in [-0.4, -0.2) is 47.0 Å². The van der Waals surface area contributed by atoms with Crippen LogP contribution in [0.3, 0.4) is 0 Å². The van der Waals surface area contributed by atoms with Gasteiger partial charge in [0.1, 0.15) is 5.82 Å². The molecule has 0 unspecified atom stereocenters. The van der Waals surface area contributed by atoms with Gasteiger partial charge in [-0.2, -0.15) is 4.98 Å². The number of aromatic nitrogens is 3. The molecule has 2 N–H and O–H groups in total. The first-order valence-corrected chi connectivity index (χ1v) is 9.44. The van der Waals surface area contributed by atoms with Crippen LogP contribution in [0.2, 0.25) is 0 Å². The Balaban J connectivity index is 1.26. The van der Waals surface area contributed by atoms with Gasteiger partial charge in [-0.05, 0) is 43.2 Å². The van der Waals surface area contributed by atoms with E-state index in [-0.39, 0.29) is 17.9 Å². The van der Waals surface area contributed by atoms with E-state index < -0.39 is 0 Å². The fraction of sp³-hybridized carbons (Fsp3) is 0.632. The van der Waals surface area contributed by atoms with Crippen LogP contribution in [0.25, 0.3) is 0 Å². The summed E-state index contributed by atoms with van der Waals surface area (Å²) in [4.78, 5) is 11.0. The lowest BCUT2D eigenvalue weighted by Gasteiger charge is -2.15. The van der Waals surface area contributed by atoms with Gasteiger partial charge in [0.15, 0.2) is 5.82 Å². The lowest BCUT2D eigenvalue weighted by molar-refractivity contribution is 0.130. The Morgan fingerprint density at radius 3 is 2.77 bits per heavy atom. The second-order valence-electron chi connectivity index (χ2n) is 7.81. The standard InChI is InChI=1S/C19H27N5O2/c1-24(2)17-6-3-12(10-21-17)9-20-11-15-7-14(8-16(15)25)19-22-18(23-26-19)13-4-5-13/h3,6,10,13-16,20,25H,4-5,7-9,11H2,1-2H3/t14-,15+,16+/m0/s1. The molecule has 4 rings (SSSR count). The maximum absolute atomic E-state index is 10.4. The van der Waals surface area contributed by atoms with Gasteiger partial charge in [0, 0.05) is 45.2 Å². The van der Waals surface area contributed by atoms with Crippen molar-refractivity contribution < 1.29 is 9.63 Å². The van der Waals surface area contributed by atoms with Crippen molar-refractivity contribution in [1.82, 2.24) is 20.4 Å². The van der Waals surface area contributed by atoms with Crippen molar-refractivity contribution in [3.8, 4) is 0 Å². The number of hydrogen-bond donors (Lipinski definition) is 2. The molecule has 2 heterocycles. The zero-order valence-corrected chi connectivity index (χ0v) is 15.4. The first-order valence-electron chi connectivity index (χ1n) is 9.44. The highest BCUT2D eigenvalue weighted by atomic mass is 16.5. The highest BCUT2D eigenvalue weighted by molar-refractivity contribution is 5.37. The van der Waals surface area contributed by atoms with Crippen molar-refractivity contribution in [2.75, 3.05) is 25.5 Å². The third-order valence-corrected chi connectivity index (χ3v) is 5.41. The van der Waals surface area contributed by atoms with Crippen molar-refractivity contribution in [2.24, 2.45) is 5.92 Å². The fourth-order valence-electron chi connectivity index (χ4n) is 3.63. The SMILES string of the molecule is CN(C)c1ccc(CNC[C@H]2C[C@H](c3nc(C4CC4)no3)C[C@H]2O)cn1. The number of aliphatic hydroxyl groups is 1. The molecule has 2 aromatic heterocycles. The van der Waals surface area contributed by atoms with Gasteiger partial charge in [0.05, 0.1) is 6.10 Å². The van der Waals surface area contributed by atoms with Crippen LogP contribution in [-0.2, 0) is 6.54 Å². The molecule has 26 heavy (non-hydrogen) atoms. The van der Waals surface area contributed by atoms with Gasteiger partial charge < -0.3 is 19.8 Å². The minimum absolute atomic E-state index is 0.179. The number of rotatable bonds is 7. The van der Waals surface area contributed by atoms with E-state index in [1.165, 1.54) is 12.8 Å².